The van der Waals surface area contributed by atoms with Gasteiger partial charge in [-0.1, -0.05) is 5.16 Å². The number of ether oxygens (including phenoxy) is 1. The van der Waals surface area contributed by atoms with Crippen LogP contribution in [0.2, 0.25) is 0 Å². The lowest BCUT2D eigenvalue weighted by Crippen LogP contribution is -2.45. The molecule has 0 unspecified atom stereocenters. The summed E-state index contributed by atoms with van der Waals surface area (Å²) in [5.74, 6) is -3.27. The molecule has 4 rings (SSSR count). The van der Waals surface area contributed by atoms with Gasteiger partial charge in [0.25, 0.3) is 5.91 Å². The van der Waals surface area contributed by atoms with Crippen molar-refractivity contribution >= 4 is 35.3 Å². The fraction of sp³-hybridized carbons (Fsp3) is 0.429. The lowest BCUT2D eigenvalue weighted by molar-refractivity contribution is -0.132. The molecule has 1 aromatic heterocycles. The minimum Gasteiger partial charge on any atom is -0.442 e. The summed E-state index contributed by atoms with van der Waals surface area (Å²) in [6, 6.07) is 2.90. The van der Waals surface area contributed by atoms with Crippen molar-refractivity contribution in [3.63, 3.8) is 0 Å². The smallest absolute Gasteiger partial charge is 0.414 e. The molecule has 4 amide bonds. The summed E-state index contributed by atoms with van der Waals surface area (Å²) in [7, 11) is 0. The van der Waals surface area contributed by atoms with E-state index in [1.165, 1.54) is 16.0 Å². The number of cyclic esters (lactones) is 1. The second-order valence-electron chi connectivity index (χ2n) is 8.23. The van der Waals surface area contributed by atoms with Crippen molar-refractivity contribution < 1.29 is 41.2 Å². The number of aromatic nitrogens is 1. The molecule has 0 spiro atoms. The van der Waals surface area contributed by atoms with Crippen LogP contribution in [0.15, 0.2) is 22.7 Å². The number of nitrogens with one attached hydrogen (secondary N) is 3. The van der Waals surface area contributed by atoms with E-state index in [0.717, 1.165) is 17.0 Å². The van der Waals surface area contributed by atoms with Crippen LogP contribution in [0.3, 0.4) is 0 Å². The van der Waals surface area contributed by atoms with Crippen LogP contribution in [-0.2, 0) is 9.53 Å². The van der Waals surface area contributed by atoms with Crippen molar-refractivity contribution in [2.75, 3.05) is 54.4 Å². The minimum absolute atomic E-state index is 0.0735. The van der Waals surface area contributed by atoms with Crippen molar-refractivity contribution in [3.05, 3.63) is 35.5 Å². The molecule has 0 radical (unpaired) electrons. The predicted octanol–water partition coefficient (Wildman–Crippen LogP) is 1.83. The Labute approximate surface area is 207 Å². The lowest BCUT2D eigenvalue weighted by atomic mass is 10.2. The quantitative estimate of drug-likeness (QED) is 0.483. The van der Waals surface area contributed by atoms with Gasteiger partial charge in [-0.05, 0) is 6.92 Å². The number of carbonyl (C=O) groups is 3. The summed E-state index contributed by atoms with van der Waals surface area (Å²) < 4.78 is 64.7. The number of hydrogen-bond donors (Lipinski definition) is 3. The monoisotopic (exact) mass is 529 g/mol. The zero-order valence-electron chi connectivity index (χ0n) is 19.5. The van der Waals surface area contributed by atoms with Crippen LogP contribution in [0, 0.1) is 18.6 Å². The molecule has 0 aliphatic carbocycles. The van der Waals surface area contributed by atoms with Gasteiger partial charge in [-0.3, -0.25) is 20.0 Å². The van der Waals surface area contributed by atoms with Crippen molar-refractivity contribution in [1.82, 2.24) is 20.9 Å². The Bertz CT molecular complexity index is 1160. The maximum atomic E-state index is 15.1. The van der Waals surface area contributed by atoms with Crippen LogP contribution >= 0.6 is 0 Å². The second kappa shape index (κ2) is 10.9. The van der Waals surface area contributed by atoms with Gasteiger partial charge in [0.15, 0.2) is 11.6 Å². The molecular weight excluding hydrogens is 506 g/mol. The Kier molecular flexibility index (Phi) is 7.66. The normalized spacial score (nSPS) is 18.2. The molecular formula is C21H23F4N7O5. The summed E-state index contributed by atoms with van der Waals surface area (Å²) in [6.45, 7) is 1.62. The first-order valence-corrected chi connectivity index (χ1v) is 11.2. The highest BCUT2D eigenvalue weighted by Crippen LogP contribution is 2.31. The third kappa shape index (κ3) is 6.02. The average molecular weight is 529 g/mol. The molecule has 1 atom stereocenters. The molecule has 2 aromatic rings. The largest absolute Gasteiger partial charge is 0.442 e. The Morgan fingerprint density at radius 1 is 1.19 bits per heavy atom. The molecule has 0 bridgehead atoms. The highest BCUT2D eigenvalue weighted by atomic mass is 19.3. The van der Waals surface area contributed by atoms with E-state index in [1.807, 2.05) is 5.32 Å². The number of hydrogen-bond acceptors (Lipinski definition) is 8. The molecule has 16 heteroatoms. The van der Waals surface area contributed by atoms with E-state index in [9.17, 15) is 23.2 Å². The molecule has 2 aliphatic heterocycles. The molecule has 3 heterocycles. The molecule has 2 aliphatic rings. The fourth-order valence-corrected chi connectivity index (χ4v) is 3.86. The third-order valence-corrected chi connectivity index (χ3v) is 5.59. The molecule has 2 saturated heterocycles. The van der Waals surface area contributed by atoms with Crippen LogP contribution in [0.5, 0.6) is 0 Å². The maximum Gasteiger partial charge on any atom is 0.414 e. The standard InChI is InChI=1S/C21H23F4N7O5/c1-11-6-16(37-29-11)28-20(34)32-5-4-30(3-2-27-32)17-14(22)7-12(8-15(17)23)31-10-13(36-21(31)35)9-26-19(33)18(24)25/h6-8,13,18,27H,2-5,9-10H2,1H3,(H,26,33)(H,28,34)/t13-/m0/s1. The van der Waals surface area contributed by atoms with Gasteiger partial charge in [0.05, 0.1) is 31.0 Å². The molecule has 1 aromatic carbocycles. The van der Waals surface area contributed by atoms with Crippen LogP contribution in [0.4, 0.5) is 44.4 Å². The summed E-state index contributed by atoms with van der Waals surface area (Å²) in [6.07, 6.45) is -5.14. The van der Waals surface area contributed by atoms with E-state index in [4.69, 9.17) is 9.26 Å². The number of hydrazine groups is 1. The number of aryl methyl sites for hydroxylation is 1. The Morgan fingerprint density at radius 3 is 2.57 bits per heavy atom. The summed E-state index contributed by atoms with van der Waals surface area (Å²) in [4.78, 5) is 38.0. The zero-order chi connectivity index (χ0) is 26.7. The van der Waals surface area contributed by atoms with Crippen molar-refractivity contribution in [2.24, 2.45) is 0 Å². The topological polar surface area (TPSA) is 132 Å². The molecule has 2 fully saturated rings. The van der Waals surface area contributed by atoms with Crippen molar-refractivity contribution in [1.29, 1.82) is 0 Å². The summed E-state index contributed by atoms with van der Waals surface area (Å²) in [5, 5.41) is 9.37. The Hall–Kier alpha value is -4.08. The molecule has 3 N–H and O–H groups in total. The van der Waals surface area contributed by atoms with Crippen molar-refractivity contribution in [3.8, 4) is 0 Å². The summed E-state index contributed by atoms with van der Waals surface area (Å²) in [5.41, 5.74) is 2.97. The predicted molar refractivity (Wildman–Crippen MR) is 120 cm³/mol. The molecule has 200 valence electrons. The van der Waals surface area contributed by atoms with Gasteiger partial charge >= 0.3 is 18.5 Å². The number of urea groups is 1. The minimum atomic E-state index is -3.22. The lowest BCUT2D eigenvalue weighted by Gasteiger charge is -2.25. The molecule has 37 heavy (non-hydrogen) atoms. The maximum absolute atomic E-state index is 15.1. The number of alkyl halides is 2. The Morgan fingerprint density at radius 2 is 1.92 bits per heavy atom. The fourth-order valence-electron chi connectivity index (χ4n) is 3.86. The van der Waals surface area contributed by atoms with E-state index in [-0.39, 0.29) is 56.5 Å². The molecule has 0 saturated carbocycles. The molecule has 12 nitrogen and oxygen atoms in total. The average Bonchev–Trinajstić information content (AvgIpc) is 3.32. The number of halogens is 4. The van der Waals surface area contributed by atoms with E-state index in [1.54, 1.807) is 6.92 Å². The first-order valence-electron chi connectivity index (χ1n) is 11.2. The van der Waals surface area contributed by atoms with E-state index < -0.39 is 42.2 Å². The highest BCUT2D eigenvalue weighted by Gasteiger charge is 2.34. The SMILES string of the molecule is Cc1cc(NC(=O)N2CCN(c3c(F)cc(N4C[C@H](CNC(=O)C(F)F)OC4=O)cc3F)CCN2)on1. The zero-order valence-corrected chi connectivity index (χ0v) is 19.5. The van der Waals surface area contributed by atoms with Crippen LogP contribution in [0.25, 0.3) is 0 Å². The highest BCUT2D eigenvalue weighted by molar-refractivity contribution is 5.90. The first-order chi connectivity index (χ1) is 17.6. The Balaban J connectivity index is 1.39. The van der Waals surface area contributed by atoms with E-state index in [0.29, 0.717) is 5.69 Å². The number of benzene rings is 1. The number of anilines is 3. The van der Waals surface area contributed by atoms with E-state index >= 15 is 8.78 Å². The number of rotatable bonds is 6. The van der Waals surface area contributed by atoms with Gasteiger partial charge in [-0.2, -0.15) is 8.78 Å². The van der Waals surface area contributed by atoms with Crippen LogP contribution in [-0.4, -0.2) is 80.0 Å². The van der Waals surface area contributed by atoms with Crippen LogP contribution in [0.1, 0.15) is 5.69 Å². The number of amides is 4. The van der Waals surface area contributed by atoms with Gasteiger partial charge in [0, 0.05) is 37.8 Å². The number of nitrogens with zero attached hydrogens (tertiary/aromatic N) is 4. The number of carbonyl (C=O) groups excluding carboxylic acids is 3. The summed E-state index contributed by atoms with van der Waals surface area (Å²) >= 11 is 0. The van der Waals surface area contributed by atoms with Gasteiger partial charge < -0.3 is 19.5 Å². The van der Waals surface area contributed by atoms with Gasteiger partial charge in [0.2, 0.25) is 5.88 Å². The van der Waals surface area contributed by atoms with Crippen LogP contribution < -0.4 is 25.9 Å². The first kappa shape index (κ1) is 26.0. The second-order valence-corrected chi connectivity index (χ2v) is 8.23. The van der Waals surface area contributed by atoms with E-state index in [2.05, 4.69) is 15.9 Å². The van der Waals surface area contributed by atoms with Crippen molar-refractivity contribution in [2.45, 2.75) is 19.5 Å². The van der Waals surface area contributed by atoms with Gasteiger partial charge in [0.1, 0.15) is 11.8 Å². The van der Waals surface area contributed by atoms with Gasteiger partial charge in [-0.25, -0.2) is 23.8 Å². The van der Waals surface area contributed by atoms with Gasteiger partial charge in [-0.15, -0.1) is 0 Å². The third-order valence-electron chi connectivity index (χ3n) is 5.59.